The number of carbonyl (C=O) groups is 1. The van der Waals surface area contributed by atoms with Gasteiger partial charge in [-0.3, -0.25) is 9.78 Å². The van der Waals surface area contributed by atoms with Crippen LogP contribution < -0.4 is 11.1 Å². The molecule has 0 aliphatic heterocycles. The van der Waals surface area contributed by atoms with E-state index < -0.39 is 11.7 Å². The largest absolute Gasteiger partial charge is 0.381 e. The number of nitrogen functional groups attached to an aromatic ring is 1. The second kappa shape index (κ2) is 6.16. The van der Waals surface area contributed by atoms with Crippen molar-refractivity contribution in [2.24, 2.45) is 0 Å². The predicted octanol–water partition coefficient (Wildman–Crippen LogP) is 1.90. The Hall–Kier alpha value is -3.82. The molecule has 0 aliphatic rings. The fourth-order valence-electron chi connectivity index (χ4n) is 2.87. The number of aromatic nitrogens is 6. The summed E-state index contributed by atoms with van der Waals surface area (Å²) in [7, 11) is 0. The zero-order valence-corrected chi connectivity index (χ0v) is 14.5. The van der Waals surface area contributed by atoms with Gasteiger partial charge in [0.2, 0.25) is 0 Å². The summed E-state index contributed by atoms with van der Waals surface area (Å²) >= 11 is 0. The van der Waals surface area contributed by atoms with Gasteiger partial charge in [0.15, 0.2) is 17.3 Å². The van der Waals surface area contributed by atoms with Crippen molar-refractivity contribution in [2.75, 3.05) is 11.1 Å². The van der Waals surface area contributed by atoms with Crippen molar-refractivity contribution in [3.05, 3.63) is 59.7 Å². The average molecular weight is 366 g/mol. The number of nitrogens with two attached hydrogens (primary N) is 1. The predicted molar refractivity (Wildman–Crippen MR) is 96.1 cm³/mol. The molecule has 0 spiro atoms. The molecule has 0 unspecified atom stereocenters. The maximum absolute atomic E-state index is 13.3. The summed E-state index contributed by atoms with van der Waals surface area (Å²) in [5.41, 5.74) is 8.93. The van der Waals surface area contributed by atoms with Gasteiger partial charge in [-0.15, -0.1) is 5.10 Å². The average Bonchev–Trinajstić information content (AvgIpc) is 3.17. The number of nitrogens with zero attached hydrogens (tertiary/aromatic N) is 6. The topological polar surface area (TPSA) is 116 Å². The maximum Gasteiger partial charge on any atom is 0.263 e. The quantitative estimate of drug-likeness (QED) is 0.572. The van der Waals surface area contributed by atoms with Crippen LogP contribution in [0.4, 0.5) is 15.9 Å². The molecule has 3 N–H and O–H groups in total. The van der Waals surface area contributed by atoms with Crippen LogP contribution in [0, 0.1) is 19.7 Å². The van der Waals surface area contributed by atoms with Crippen LogP contribution in [0.3, 0.4) is 0 Å². The van der Waals surface area contributed by atoms with Gasteiger partial charge in [-0.05, 0) is 25.5 Å². The van der Waals surface area contributed by atoms with E-state index in [-0.39, 0.29) is 17.0 Å². The molecule has 0 atom stereocenters. The van der Waals surface area contributed by atoms with Crippen LogP contribution in [-0.2, 0) is 0 Å². The van der Waals surface area contributed by atoms with Crippen LogP contribution in [0.1, 0.15) is 21.6 Å². The first-order valence-electron chi connectivity index (χ1n) is 8.02. The molecule has 4 aromatic heterocycles. The molecule has 0 aliphatic carbocycles. The molecule has 0 saturated carbocycles. The van der Waals surface area contributed by atoms with Gasteiger partial charge in [0, 0.05) is 18.1 Å². The van der Waals surface area contributed by atoms with Crippen LogP contribution in [0.25, 0.3) is 11.3 Å². The van der Waals surface area contributed by atoms with E-state index in [2.05, 4.69) is 25.5 Å². The summed E-state index contributed by atoms with van der Waals surface area (Å²) in [5.74, 6) is -1.17. The molecule has 0 fully saturated rings. The Balaban J connectivity index is 1.78. The zero-order valence-electron chi connectivity index (χ0n) is 14.5. The van der Waals surface area contributed by atoms with E-state index >= 15 is 0 Å². The molecule has 0 aromatic carbocycles. The molecule has 1 amide bonds. The van der Waals surface area contributed by atoms with Crippen molar-refractivity contribution in [1.29, 1.82) is 0 Å². The van der Waals surface area contributed by atoms with E-state index in [1.165, 1.54) is 6.20 Å². The molecule has 0 bridgehead atoms. The van der Waals surface area contributed by atoms with Gasteiger partial charge in [-0.1, -0.05) is 0 Å². The standard InChI is InChI=1S/C17H15FN8O/c1-9-5-20-7-12(14(9)26-10(2)3-4-22-26)23-17(27)13-15(19)24-25-8-11(18)6-21-16(13)25/h3-8H,1-2H3,(H2,19,24)(H,23,27). The van der Waals surface area contributed by atoms with Crippen molar-refractivity contribution in [3.63, 3.8) is 0 Å². The minimum Gasteiger partial charge on any atom is -0.381 e. The molecule has 136 valence electrons. The Labute approximate surface area is 152 Å². The molecular formula is C17H15FN8O. The number of halogens is 1. The number of rotatable bonds is 3. The molecule has 10 heteroatoms. The highest BCUT2D eigenvalue weighted by Crippen LogP contribution is 2.25. The highest BCUT2D eigenvalue weighted by atomic mass is 19.1. The van der Waals surface area contributed by atoms with Crippen LogP contribution in [0.5, 0.6) is 0 Å². The Bertz CT molecular complexity index is 1180. The molecular weight excluding hydrogens is 351 g/mol. The third-order valence-corrected chi connectivity index (χ3v) is 4.09. The summed E-state index contributed by atoms with van der Waals surface area (Å²) in [4.78, 5) is 20.9. The lowest BCUT2D eigenvalue weighted by molar-refractivity contribution is 0.102. The molecule has 4 rings (SSSR count). The van der Waals surface area contributed by atoms with Crippen LogP contribution in [-0.4, -0.2) is 35.3 Å². The number of pyridine rings is 1. The van der Waals surface area contributed by atoms with Crippen molar-refractivity contribution in [3.8, 4) is 5.69 Å². The van der Waals surface area contributed by atoms with E-state index in [9.17, 15) is 9.18 Å². The second-order valence-electron chi connectivity index (χ2n) is 5.99. The number of hydrogen-bond acceptors (Lipinski definition) is 6. The first-order valence-corrected chi connectivity index (χ1v) is 8.02. The molecule has 4 aromatic rings. The fraction of sp³-hybridized carbons (Fsp3) is 0.118. The Morgan fingerprint density at radius 1 is 1.26 bits per heavy atom. The third kappa shape index (κ3) is 2.76. The summed E-state index contributed by atoms with van der Waals surface area (Å²) < 4.78 is 16.2. The van der Waals surface area contributed by atoms with E-state index in [1.54, 1.807) is 17.1 Å². The van der Waals surface area contributed by atoms with E-state index in [0.717, 1.165) is 28.2 Å². The normalized spacial score (nSPS) is 11.1. The first-order chi connectivity index (χ1) is 13.0. The lowest BCUT2D eigenvalue weighted by Gasteiger charge is -2.14. The van der Waals surface area contributed by atoms with Gasteiger partial charge in [-0.2, -0.15) is 5.10 Å². The smallest absolute Gasteiger partial charge is 0.263 e. The van der Waals surface area contributed by atoms with Gasteiger partial charge >= 0.3 is 0 Å². The number of fused-ring (bicyclic) bond motifs is 1. The second-order valence-corrected chi connectivity index (χ2v) is 5.99. The minimum absolute atomic E-state index is 0.0527. The lowest BCUT2D eigenvalue weighted by atomic mass is 10.2. The molecule has 4 heterocycles. The van der Waals surface area contributed by atoms with E-state index in [0.29, 0.717) is 11.4 Å². The highest BCUT2D eigenvalue weighted by molar-refractivity contribution is 6.12. The number of carbonyl (C=O) groups excluding carboxylic acids is 1. The molecule has 0 radical (unpaired) electrons. The van der Waals surface area contributed by atoms with Gasteiger partial charge < -0.3 is 11.1 Å². The van der Waals surface area contributed by atoms with Gasteiger partial charge in [0.05, 0.1) is 30.0 Å². The van der Waals surface area contributed by atoms with Crippen LogP contribution >= 0.6 is 0 Å². The zero-order chi connectivity index (χ0) is 19.1. The highest BCUT2D eigenvalue weighted by Gasteiger charge is 2.22. The SMILES string of the molecule is Cc1cncc(NC(=O)c2c(N)nn3cc(F)cnc23)c1-n1nccc1C. The number of nitrogens with one attached hydrogen (secondary N) is 1. The Kier molecular flexibility index (Phi) is 3.80. The van der Waals surface area contributed by atoms with Crippen LogP contribution in [0.2, 0.25) is 0 Å². The van der Waals surface area contributed by atoms with Crippen molar-refractivity contribution in [2.45, 2.75) is 13.8 Å². The Morgan fingerprint density at radius 3 is 2.81 bits per heavy atom. The van der Waals surface area contributed by atoms with E-state index in [1.807, 2.05) is 19.9 Å². The number of aryl methyl sites for hydroxylation is 2. The van der Waals surface area contributed by atoms with Crippen LogP contribution in [0.15, 0.2) is 37.1 Å². The van der Waals surface area contributed by atoms with Gasteiger partial charge in [0.25, 0.3) is 5.91 Å². The summed E-state index contributed by atoms with van der Waals surface area (Å²) in [6.45, 7) is 3.77. The number of amides is 1. The Morgan fingerprint density at radius 2 is 2.07 bits per heavy atom. The van der Waals surface area contributed by atoms with Gasteiger partial charge in [0.1, 0.15) is 5.56 Å². The van der Waals surface area contributed by atoms with Crippen molar-refractivity contribution >= 4 is 23.1 Å². The molecule has 9 nitrogen and oxygen atoms in total. The minimum atomic E-state index is -0.587. The first kappa shape index (κ1) is 16.6. The number of anilines is 2. The molecule has 0 saturated heterocycles. The number of hydrogen-bond donors (Lipinski definition) is 2. The van der Waals surface area contributed by atoms with Crippen molar-refractivity contribution in [1.82, 2.24) is 29.4 Å². The lowest BCUT2D eigenvalue weighted by Crippen LogP contribution is -2.17. The molecule has 27 heavy (non-hydrogen) atoms. The van der Waals surface area contributed by atoms with Crippen molar-refractivity contribution < 1.29 is 9.18 Å². The summed E-state index contributed by atoms with van der Waals surface area (Å²) in [6, 6.07) is 1.85. The van der Waals surface area contributed by atoms with Gasteiger partial charge in [-0.25, -0.2) is 18.6 Å². The summed E-state index contributed by atoms with van der Waals surface area (Å²) in [5, 5.41) is 11.0. The maximum atomic E-state index is 13.3. The monoisotopic (exact) mass is 366 g/mol. The van der Waals surface area contributed by atoms with E-state index in [4.69, 9.17) is 5.73 Å². The fourth-order valence-corrected chi connectivity index (χ4v) is 2.87. The summed E-state index contributed by atoms with van der Waals surface area (Å²) in [6.07, 6.45) is 6.97. The third-order valence-electron chi connectivity index (χ3n) is 4.09.